The van der Waals surface area contributed by atoms with Crippen LogP contribution in [0.2, 0.25) is 0 Å². The Kier molecular flexibility index (Phi) is 4.66. The molecule has 9 heteroatoms. The third-order valence-corrected chi connectivity index (χ3v) is 4.98. The number of rotatable bonds is 4. The van der Waals surface area contributed by atoms with Gasteiger partial charge in [-0.1, -0.05) is 29.8 Å². The molecule has 28 heavy (non-hydrogen) atoms. The number of amides is 1. The summed E-state index contributed by atoms with van der Waals surface area (Å²) in [6.07, 6.45) is 0. The Bertz CT molecular complexity index is 1150. The van der Waals surface area contributed by atoms with Crippen LogP contribution in [-0.4, -0.2) is 31.1 Å². The molecule has 140 valence electrons. The number of halogens is 1. The van der Waals surface area contributed by atoms with E-state index in [1.807, 2.05) is 31.2 Å². The van der Waals surface area contributed by atoms with Crippen LogP contribution >= 0.6 is 11.3 Å². The van der Waals surface area contributed by atoms with Crippen LogP contribution in [0.5, 0.6) is 0 Å². The summed E-state index contributed by atoms with van der Waals surface area (Å²) in [6, 6.07) is 12.1. The van der Waals surface area contributed by atoms with Crippen LogP contribution in [0.1, 0.15) is 21.9 Å². The zero-order valence-electron chi connectivity index (χ0n) is 15.0. The molecule has 0 saturated heterocycles. The van der Waals surface area contributed by atoms with Crippen LogP contribution in [0.15, 0.2) is 47.8 Å². The summed E-state index contributed by atoms with van der Waals surface area (Å²) in [5, 5.41) is 16.2. The SMILES string of the molecule is Cc1ccc(-c2nc(C(=O)Nc3ccc(F)c(-n4nnnc4C)c3)cs2)cc1. The second-order valence-corrected chi connectivity index (χ2v) is 7.02. The van der Waals surface area contributed by atoms with Crippen molar-refractivity contribution in [3.05, 3.63) is 70.7 Å². The number of thiazole rings is 1. The number of carbonyl (C=O) groups is 1. The fraction of sp³-hybridized carbons (Fsp3) is 0.105. The molecule has 0 aliphatic heterocycles. The molecule has 0 aliphatic rings. The van der Waals surface area contributed by atoms with Gasteiger partial charge in [0, 0.05) is 16.6 Å². The molecule has 2 aromatic heterocycles. The van der Waals surface area contributed by atoms with Crippen LogP contribution in [0.3, 0.4) is 0 Å². The zero-order valence-corrected chi connectivity index (χ0v) is 15.9. The summed E-state index contributed by atoms with van der Waals surface area (Å²) in [5.41, 5.74) is 2.97. The van der Waals surface area contributed by atoms with Gasteiger partial charge in [0.1, 0.15) is 22.2 Å². The summed E-state index contributed by atoms with van der Waals surface area (Å²) in [5.74, 6) is -0.436. The highest BCUT2D eigenvalue weighted by Gasteiger charge is 2.15. The molecule has 0 bridgehead atoms. The molecular weight excluding hydrogens is 379 g/mol. The fourth-order valence-corrected chi connectivity index (χ4v) is 3.42. The molecule has 0 saturated carbocycles. The maximum Gasteiger partial charge on any atom is 0.275 e. The molecule has 0 unspecified atom stereocenters. The Morgan fingerprint density at radius 1 is 1.14 bits per heavy atom. The number of nitrogens with one attached hydrogen (secondary N) is 1. The van der Waals surface area contributed by atoms with E-state index in [1.165, 1.54) is 34.2 Å². The predicted octanol–water partition coefficient (Wildman–Crippen LogP) is 3.79. The molecule has 2 aromatic carbocycles. The van der Waals surface area contributed by atoms with Gasteiger partial charge in [-0.25, -0.2) is 9.37 Å². The van der Waals surface area contributed by atoms with E-state index in [1.54, 1.807) is 12.3 Å². The zero-order chi connectivity index (χ0) is 19.7. The monoisotopic (exact) mass is 394 g/mol. The first-order valence-electron chi connectivity index (χ1n) is 8.40. The molecule has 7 nitrogen and oxygen atoms in total. The van der Waals surface area contributed by atoms with E-state index >= 15 is 0 Å². The lowest BCUT2D eigenvalue weighted by atomic mass is 10.2. The van der Waals surface area contributed by atoms with Crippen LogP contribution < -0.4 is 5.32 Å². The lowest BCUT2D eigenvalue weighted by Crippen LogP contribution is -2.13. The van der Waals surface area contributed by atoms with Gasteiger partial charge < -0.3 is 5.32 Å². The van der Waals surface area contributed by atoms with E-state index in [4.69, 9.17) is 0 Å². The molecular formula is C19H15FN6OS. The van der Waals surface area contributed by atoms with Crippen molar-refractivity contribution in [3.8, 4) is 16.3 Å². The van der Waals surface area contributed by atoms with Crippen LogP contribution in [0.4, 0.5) is 10.1 Å². The molecule has 0 atom stereocenters. The minimum Gasteiger partial charge on any atom is -0.321 e. The first-order valence-corrected chi connectivity index (χ1v) is 9.28. The standard InChI is InChI=1S/C19H15FN6OS/c1-11-3-5-13(6-4-11)19-22-16(10-28-19)18(27)21-14-7-8-15(20)17(9-14)26-12(2)23-24-25-26/h3-10H,1-2H3,(H,21,27). The number of hydrogen-bond donors (Lipinski definition) is 1. The molecule has 0 aliphatic carbocycles. The van der Waals surface area contributed by atoms with E-state index < -0.39 is 5.82 Å². The van der Waals surface area contributed by atoms with Gasteiger partial charge in [-0.05, 0) is 42.5 Å². The maximum atomic E-state index is 14.2. The second kappa shape index (κ2) is 7.28. The fourth-order valence-electron chi connectivity index (χ4n) is 2.61. The maximum absolute atomic E-state index is 14.2. The Labute approximate surface area is 163 Å². The number of aryl methyl sites for hydroxylation is 2. The van der Waals surface area contributed by atoms with E-state index in [2.05, 4.69) is 25.8 Å². The number of benzene rings is 2. The average Bonchev–Trinajstić information content (AvgIpc) is 3.33. The van der Waals surface area contributed by atoms with Crippen molar-refractivity contribution in [2.75, 3.05) is 5.32 Å². The quantitative estimate of drug-likeness (QED) is 0.569. The number of aromatic nitrogens is 5. The topological polar surface area (TPSA) is 85.6 Å². The molecule has 0 fully saturated rings. The third-order valence-electron chi connectivity index (χ3n) is 4.09. The second-order valence-electron chi connectivity index (χ2n) is 6.16. The highest BCUT2D eigenvalue weighted by Crippen LogP contribution is 2.25. The number of tetrazole rings is 1. The molecule has 2 heterocycles. The molecule has 0 radical (unpaired) electrons. The van der Waals surface area contributed by atoms with Crippen LogP contribution in [0.25, 0.3) is 16.3 Å². The highest BCUT2D eigenvalue weighted by atomic mass is 32.1. The third kappa shape index (κ3) is 3.52. The molecule has 1 N–H and O–H groups in total. The minimum absolute atomic E-state index is 0.152. The minimum atomic E-state index is -0.497. The molecule has 1 amide bonds. The van der Waals surface area contributed by atoms with Crippen molar-refractivity contribution in [2.24, 2.45) is 0 Å². The highest BCUT2D eigenvalue weighted by molar-refractivity contribution is 7.13. The van der Waals surface area contributed by atoms with Gasteiger partial charge in [0.2, 0.25) is 0 Å². The summed E-state index contributed by atoms with van der Waals surface area (Å²) in [4.78, 5) is 17.0. The summed E-state index contributed by atoms with van der Waals surface area (Å²) in [6.45, 7) is 3.67. The van der Waals surface area contributed by atoms with E-state index in [0.717, 1.165) is 16.1 Å². The Hall–Kier alpha value is -3.46. The summed E-state index contributed by atoms with van der Waals surface area (Å²) < 4.78 is 15.4. The lowest BCUT2D eigenvalue weighted by molar-refractivity contribution is 0.102. The lowest BCUT2D eigenvalue weighted by Gasteiger charge is -2.08. The number of hydrogen-bond acceptors (Lipinski definition) is 6. The van der Waals surface area contributed by atoms with Gasteiger partial charge in [0.05, 0.1) is 0 Å². The van der Waals surface area contributed by atoms with E-state index in [9.17, 15) is 9.18 Å². The summed E-state index contributed by atoms with van der Waals surface area (Å²) >= 11 is 1.39. The van der Waals surface area contributed by atoms with Crippen molar-refractivity contribution < 1.29 is 9.18 Å². The van der Waals surface area contributed by atoms with Gasteiger partial charge >= 0.3 is 0 Å². The van der Waals surface area contributed by atoms with Gasteiger partial charge in [-0.3, -0.25) is 4.79 Å². The van der Waals surface area contributed by atoms with Gasteiger partial charge in [-0.15, -0.1) is 16.4 Å². The van der Waals surface area contributed by atoms with Gasteiger partial charge in [0.15, 0.2) is 5.82 Å². The van der Waals surface area contributed by atoms with Crippen molar-refractivity contribution in [1.82, 2.24) is 25.2 Å². The van der Waals surface area contributed by atoms with Gasteiger partial charge in [-0.2, -0.15) is 4.68 Å². The van der Waals surface area contributed by atoms with Gasteiger partial charge in [0.25, 0.3) is 5.91 Å². The van der Waals surface area contributed by atoms with Crippen molar-refractivity contribution >= 4 is 22.9 Å². The number of nitrogens with zero attached hydrogens (tertiary/aromatic N) is 5. The Morgan fingerprint density at radius 3 is 2.64 bits per heavy atom. The first kappa shape index (κ1) is 17.9. The summed E-state index contributed by atoms with van der Waals surface area (Å²) in [7, 11) is 0. The smallest absolute Gasteiger partial charge is 0.275 e. The number of carbonyl (C=O) groups excluding carboxylic acids is 1. The van der Waals surface area contributed by atoms with Crippen molar-refractivity contribution in [2.45, 2.75) is 13.8 Å². The molecule has 0 spiro atoms. The first-order chi connectivity index (χ1) is 13.5. The Morgan fingerprint density at radius 2 is 1.93 bits per heavy atom. The van der Waals surface area contributed by atoms with Crippen LogP contribution in [0, 0.1) is 19.7 Å². The number of anilines is 1. The molecule has 4 aromatic rings. The van der Waals surface area contributed by atoms with Crippen molar-refractivity contribution in [1.29, 1.82) is 0 Å². The largest absolute Gasteiger partial charge is 0.321 e. The van der Waals surface area contributed by atoms with E-state index in [0.29, 0.717) is 17.2 Å². The van der Waals surface area contributed by atoms with Crippen LogP contribution in [-0.2, 0) is 0 Å². The van der Waals surface area contributed by atoms with E-state index in [-0.39, 0.29) is 11.6 Å². The average molecular weight is 394 g/mol. The van der Waals surface area contributed by atoms with Crippen molar-refractivity contribution in [3.63, 3.8) is 0 Å². The normalized spacial score (nSPS) is 10.8. The molecule has 4 rings (SSSR count). The Balaban J connectivity index is 1.56. The predicted molar refractivity (Wildman–Crippen MR) is 104 cm³/mol.